The van der Waals surface area contributed by atoms with Gasteiger partial charge in [-0.1, -0.05) is 0 Å². The molecule has 3 amide bonds. The van der Waals surface area contributed by atoms with Crippen LogP contribution in [-0.4, -0.2) is 54.5 Å². The monoisotopic (exact) mass is 449 g/mol. The van der Waals surface area contributed by atoms with Gasteiger partial charge in [-0.05, 0) is 51.4 Å². The van der Waals surface area contributed by atoms with Crippen LogP contribution >= 0.6 is 24.0 Å². The maximum atomic E-state index is 12.1. The molecule has 1 saturated carbocycles. The number of rotatable bonds is 4. The maximum absolute atomic E-state index is 12.1. The van der Waals surface area contributed by atoms with Crippen LogP contribution in [0.5, 0.6) is 0 Å². The van der Waals surface area contributed by atoms with E-state index in [1.165, 1.54) is 12.8 Å². The van der Waals surface area contributed by atoms with Crippen LogP contribution < -0.4 is 16.0 Å². The normalized spacial score (nSPS) is 28.2. The third-order valence-electron chi connectivity index (χ3n) is 5.21. The third-order valence-corrected chi connectivity index (χ3v) is 5.21. The standard InChI is InChI=1S/C16H27N5O2.HI/c1-3-17-14(18-10-11-4-5-11)21-8-6-12(7-9-21)16(2)13(22)19-15(23)20-16;/h11-12H,3-10H2,1-2H3,(H,17,18)(H2,19,20,22,23);1H. The summed E-state index contributed by atoms with van der Waals surface area (Å²) in [5.41, 5.74) is -0.771. The summed E-state index contributed by atoms with van der Waals surface area (Å²) in [6.45, 7) is 7.41. The number of nitrogens with one attached hydrogen (secondary N) is 3. The summed E-state index contributed by atoms with van der Waals surface area (Å²) in [7, 11) is 0. The van der Waals surface area contributed by atoms with E-state index >= 15 is 0 Å². The van der Waals surface area contributed by atoms with Gasteiger partial charge < -0.3 is 15.5 Å². The van der Waals surface area contributed by atoms with Gasteiger partial charge in [0, 0.05) is 26.2 Å². The summed E-state index contributed by atoms with van der Waals surface area (Å²) in [4.78, 5) is 30.5. The molecule has 0 aromatic carbocycles. The van der Waals surface area contributed by atoms with Crippen molar-refractivity contribution in [2.75, 3.05) is 26.2 Å². The molecule has 0 aromatic rings. The van der Waals surface area contributed by atoms with E-state index in [0.717, 1.165) is 50.9 Å². The molecule has 136 valence electrons. The molecule has 3 aliphatic rings. The second-order valence-electron chi connectivity index (χ2n) is 7.01. The van der Waals surface area contributed by atoms with E-state index in [2.05, 4.69) is 27.8 Å². The zero-order chi connectivity index (χ0) is 16.4. The Balaban J connectivity index is 0.00000208. The fourth-order valence-corrected chi connectivity index (χ4v) is 3.45. The average molecular weight is 449 g/mol. The number of aliphatic imine (C=N–C) groups is 1. The molecule has 2 aliphatic heterocycles. The summed E-state index contributed by atoms with van der Waals surface area (Å²) >= 11 is 0. The van der Waals surface area contributed by atoms with Gasteiger partial charge in [-0.15, -0.1) is 24.0 Å². The molecule has 0 radical (unpaired) electrons. The van der Waals surface area contributed by atoms with Crippen molar-refractivity contribution in [3.8, 4) is 0 Å². The van der Waals surface area contributed by atoms with Crippen LogP contribution in [0.2, 0.25) is 0 Å². The van der Waals surface area contributed by atoms with Gasteiger partial charge >= 0.3 is 6.03 Å². The number of carbonyl (C=O) groups is 2. The molecule has 8 heteroatoms. The largest absolute Gasteiger partial charge is 0.357 e. The van der Waals surface area contributed by atoms with E-state index in [9.17, 15) is 9.59 Å². The number of carbonyl (C=O) groups excluding carboxylic acids is 2. The molecule has 1 aliphatic carbocycles. The molecule has 24 heavy (non-hydrogen) atoms. The van der Waals surface area contributed by atoms with Crippen molar-refractivity contribution in [3.63, 3.8) is 0 Å². The molecule has 1 unspecified atom stereocenters. The van der Waals surface area contributed by atoms with E-state index in [1.54, 1.807) is 0 Å². The van der Waals surface area contributed by atoms with Crippen LogP contribution in [-0.2, 0) is 4.79 Å². The number of guanidine groups is 1. The number of hydrogen-bond donors (Lipinski definition) is 3. The predicted octanol–water partition coefficient (Wildman–Crippen LogP) is 1.29. The number of urea groups is 1. The molecule has 7 nitrogen and oxygen atoms in total. The summed E-state index contributed by atoms with van der Waals surface area (Å²) in [5, 5.41) is 8.54. The van der Waals surface area contributed by atoms with Crippen molar-refractivity contribution in [1.82, 2.24) is 20.9 Å². The first-order chi connectivity index (χ1) is 11.0. The van der Waals surface area contributed by atoms with Crippen LogP contribution in [0.1, 0.15) is 39.5 Å². The van der Waals surface area contributed by atoms with Crippen molar-refractivity contribution < 1.29 is 9.59 Å². The summed E-state index contributed by atoms with van der Waals surface area (Å²) < 4.78 is 0. The van der Waals surface area contributed by atoms with Crippen LogP contribution in [0.25, 0.3) is 0 Å². The molecule has 3 fully saturated rings. The highest BCUT2D eigenvalue weighted by molar-refractivity contribution is 14.0. The fourth-order valence-electron chi connectivity index (χ4n) is 3.45. The highest BCUT2D eigenvalue weighted by Gasteiger charge is 2.48. The number of nitrogens with zero attached hydrogens (tertiary/aromatic N) is 2. The third kappa shape index (κ3) is 4.12. The Hall–Kier alpha value is -1.06. The zero-order valence-electron chi connectivity index (χ0n) is 14.4. The van der Waals surface area contributed by atoms with Gasteiger partial charge in [0.05, 0.1) is 0 Å². The van der Waals surface area contributed by atoms with Crippen molar-refractivity contribution >= 4 is 41.9 Å². The minimum Gasteiger partial charge on any atom is -0.357 e. The summed E-state index contributed by atoms with van der Waals surface area (Å²) in [6, 6.07) is -0.376. The van der Waals surface area contributed by atoms with Crippen LogP contribution in [0.4, 0.5) is 4.79 Å². The lowest BCUT2D eigenvalue weighted by molar-refractivity contribution is -0.125. The van der Waals surface area contributed by atoms with Crippen molar-refractivity contribution in [2.45, 2.75) is 45.1 Å². The van der Waals surface area contributed by atoms with E-state index in [0.29, 0.717) is 0 Å². The number of likely N-dealkylation sites (tertiary alicyclic amines) is 1. The highest BCUT2D eigenvalue weighted by atomic mass is 127. The zero-order valence-corrected chi connectivity index (χ0v) is 16.8. The van der Waals surface area contributed by atoms with E-state index < -0.39 is 5.54 Å². The Morgan fingerprint density at radius 1 is 1.29 bits per heavy atom. The first kappa shape index (κ1) is 19.3. The molecule has 2 saturated heterocycles. The van der Waals surface area contributed by atoms with Crippen LogP contribution in [0.3, 0.4) is 0 Å². The van der Waals surface area contributed by atoms with Crippen molar-refractivity contribution in [3.05, 3.63) is 0 Å². The number of imide groups is 1. The Labute approximate surface area is 160 Å². The number of hydrogen-bond acceptors (Lipinski definition) is 3. The molecular weight excluding hydrogens is 421 g/mol. The van der Waals surface area contributed by atoms with Gasteiger partial charge in [-0.3, -0.25) is 15.1 Å². The van der Waals surface area contributed by atoms with Gasteiger partial charge in [-0.2, -0.15) is 0 Å². The maximum Gasteiger partial charge on any atom is 0.322 e. The molecule has 3 N–H and O–H groups in total. The first-order valence-corrected chi connectivity index (χ1v) is 8.69. The number of piperidine rings is 1. The van der Waals surface area contributed by atoms with Crippen LogP contribution in [0.15, 0.2) is 4.99 Å². The lowest BCUT2D eigenvalue weighted by Gasteiger charge is -2.39. The topological polar surface area (TPSA) is 85.8 Å². The van der Waals surface area contributed by atoms with Gasteiger partial charge in [0.15, 0.2) is 5.96 Å². The second-order valence-corrected chi connectivity index (χ2v) is 7.01. The quantitative estimate of drug-likeness (QED) is 0.261. The Morgan fingerprint density at radius 3 is 2.46 bits per heavy atom. The molecule has 0 aromatic heterocycles. The van der Waals surface area contributed by atoms with E-state index in [1.807, 2.05) is 6.92 Å². The van der Waals surface area contributed by atoms with Gasteiger partial charge in [0.25, 0.3) is 5.91 Å². The Kier molecular flexibility index (Phi) is 6.33. The van der Waals surface area contributed by atoms with Gasteiger partial charge in [0.1, 0.15) is 5.54 Å². The molecular formula is C16H28IN5O2. The smallest absolute Gasteiger partial charge is 0.322 e. The summed E-state index contributed by atoms with van der Waals surface area (Å²) in [5.74, 6) is 1.73. The Morgan fingerprint density at radius 2 is 1.96 bits per heavy atom. The van der Waals surface area contributed by atoms with Gasteiger partial charge in [0.2, 0.25) is 0 Å². The van der Waals surface area contributed by atoms with Crippen LogP contribution in [0, 0.1) is 11.8 Å². The number of halogens is 1. The lowest BCUT2D eigenvalue weighted by Crippen LogP contribution is -2.55. The highest BCUT2D eigenvalue weighted by Crippen LogP contribution is 2.31. The molecule has 1 atom stereocenters. The fraction of sp³-hybridized carbons (Fsp3) is 0.812. The minimum absolute atomic E-state index is 0. The summed E-state index contributed by atoms with van der Waals surface area (Å²) in [6.07, 6.45) is 4.35. The predicted molar refractivity (Wildman–Crippen MR) is 103 cm³/mol. The van der Waals surface area contributed by atoms with Crippen molar-refractivity contribution in [1.29, 1.82) is 0 Å². The van der Waals surface area contributed by atoms with Crippen molar-refractivity contribution in [2.24, 2.45) is 16.8 Å². The lowest BCUT2D eigenvalue weighted by atomic mass is 9.79. The number of amides is 3. The minimum atomic E-state index is -0.771. The first-order valence-electron chi connectivity index (χ1n) is 8.69. The van der Waals surface area contributed by atoms with E-state index in [4.69, 9.17) is 4.99 Å². The van der Waals surface area contributed by atoms with E-state index in [-0.39, 0.29) is 41.8 Å². The SMILES string of the molecule is CCNC(=NCC1CC1)N1CCC(C2(C)NC(=O)NC2=O)CC1.I. The Bertz CT molecular complexity index is 515. The molecule has 3 rings (SSSR count). The molecule has 0 spiro atoms. The molecule has 0 bridgehead atoms. The molecule has 2 heterocycles. The van der Waals surface area contributed by atoms with Gasteiger partial charge in [-0.25, -0.2) is 4.79 Å². The average Bonchev–Trinajstić information content (AvgIpc) is 3.31. The second kappa shape index (κ2) is 7.88.